The van der Waals surface area contributed by atoms with Gasteiger partial charge in [0, 0.05) is 30.3 Å². The molecule has 2 aromatic heterocycles. The van der Waals surface area contributed by atoms with Crippen molar-refractivity contribution in [3.8, 4) is 16.9 Å². The molecule has 57 heavy (non-hydrogen) atoms. The normalized spacial score (nSPS) is 17.2. The van der Waals surface area contributed by atoms with Gasteiger partial charge in [0.25, 0.3) is 5.91 Å². The van der Waals surface area contributed by atoms with Gasteiger partial charge >= 0.3 is 11.9 Å². The number of carboxylic acid groups (broad SMARTS) is 1. The van der Waals surface area contributed by atoms with Crippen molar-refractivity contribution >= 4 is 50.3 Å². The van der Waals surface area contributed by atoms with Crippen LogP contribution in [-0.4, -0.2) is 75.7 Å². The highest BCUT2D eigenvalue weighted by Crippen LogP contribution is 2.34. The topological polar surface area (TPSA) is 134 Å². The maximum absolute atomic E-state index is 13.8. The van der Waals surface area contributed by atoms with Gasteiger partial charge in [0.2, 0.25) is 0 Å². The molecule has 2 aliphatic rings. The second-order valence-electron chi connectivity index (χ2n) is 16.2. The Morgan fingerprint density at radius 3 is 2.54 bits per heavy atom. The summed E-state index contributed by atoms with van der Waals surface area (Å²) in [5.74, 6) is 0.475. The number of amides is 1. The molecule has 1 saturated heterocycles. The summed E-state index contributed by atoms with van der Waals surface area (Å²) in [6.45, 7) is 12.3. The molecule has 2 atom stereocenters. The number of hydrogen-bond donors (Lipinski definition) is 2. The third-order valence-corrected chi connectivity index (χ3v) is 11.8. The SMILES string of the molecule is Cc1cc(OCCC[C@H]2CCN(CC(=O)O)[C@H](C)C2)ccc1-c1ccc(N2CCc3cccc(C(=O)Nc4nc5ccccc5s4)c3C2)nc1C(=O)OC(C)(C)C. The molecule has 11 nitrogen and oxygen atoms in total. The van der Waals surface area contributed by atoms with E-state index >= 15 is 0 Å². The van der Waals surface area contributed by atoms with Crippen LogP contribution in [0.25, 0.3) is 21.3 Å². The van der Waals surface area contributed by atoms with Gasteiger partial charge < -0.3 is 19.5 Å². The molecular weight excluding hydrogens is 739 g/mol. The highest BCUT2D eigenvalue weighted by molar-refractivity contribution is 7.22. The molecule has 1 fully saturated rings. The first kappa shape index (κ1) is 39.9. The Hall–Kier alpha value is -5.33. The van der Waals surface area contributed by atoms with Gasteiger partial charge in [-0.1, -0.05) is 41.7 Å². The summed E-state index contributed by atoms with van der Waals surface area (Å²) >= 11 is 1.45. The van der Waals surface area contributed by atoms with Crippen molar-refractivity contribution in [2.75, 3.05) is 36.5 Å². The summed E-state index contributed by atoms with van der Waals surface area (Å²) < 4.78 is 13.1. The van der Waals surface area contributed by atoms with E-state index in [0.29, 0.717) is 54.1 Å². The molecule has 298 valence electrons. The first-order valence-corrected chi connectivity index (χ1v) is 20.6. The minimum absolute atomic E-state index is 0.106. The first-order chi connectivity index (χ1) is 27.3. The fourth-order valence-corrected chi connectivity index (χ4v) is 8.84. The highest BCUT2D eigenvalue weighted by atomic mass is 32.1. The minimum Gasteiger partial charge on any atom is -0.494 e. The van der Waals surface area contributed by atoms with E-state index in [2.05, 4.69) is 28.2 Å². The number of para-hydroxylation sites is 1. The van der Waals surface area contributed by atoms with Gasteiger partial charge in [0.05, 0.1) is 23.4 Å². The molecule has 12 heteroatoms. The molecule has 2 N–H and O–H groups in total. The second-order valence-corrected chi connectivity index (χ2v) is 17.2. The molecule has 0 spiro atoms. The maximum Gasteiger partial charge on any atom is 0.358 e. The Labute approximate surface area is 338 Å². The van der Waals surface area contributed by atoms with Crippen molar-refractivity contribution in [2.45, 2.75) is 84.9 Å². The first-order valence-electron chi connectivity index (χ1n) is 19.8. The predicted molar refractivity (Wildman–Crippen MR) is 224 cm³/mol. The lowest BCUT2D eigenvalue weighted by Crippen LogP contribution is -2.43. The van der Waals surface area contributed by atoms with Crippen molar-refractivity contribution in [1.82, 2.24) is 14.9 Å². The molecule has 0 unspecified atom stereocenters. The van der Waals surface area contributed by atoms with Gasteiger partial charge in [-0.3, -0.25) is 19.8 Å². The Kier molecular flexibility index (Phi) is 11.9. The van der Waals surface area contributed by atoms with Crippen molar-refractivity contribution < 1.29 is 29.0 Å². The van der Waals surface area contributed by atoms with E-state index in [1.54, 1.807) is 0 Å². The fourth-order valence-electron chi connectivity index (χ4n) is 7.98. The molecule has 0 radical (unpaired) electrons. The summed E-state index contributed by atoms with van der Waals surface area (Å²) in [5, 5.41) is 12.7. The number of carboxylic acids is 1. The zero-order valence-corrected chi connectivity index (χ0v) is 34.2. The van der Waals surface area contributed by atoms with Crippen molar-refractivity contribution in [3.05, 3.63) is 101 Å². The van der Waals surface area contributed by atoms with E-state index in [-0.39, 0.29) is 24.2 Å². The number of aliphatic carboxylic acids is 1. The molecule has 1 amide bonds. The molecule has 5 aromatic rings. The number of nitrogens with zero attached hydrogens (tertiary/aromatic N) is 4. The maximum atomic E-state index is 13.8. The third-order valence-electron chi connectivity index (χ3n) is 10.8. The summed E-state index contributed by atoms with van der Waals surface area (Å²) in [6, 6.07) is 23.7. The molecule has 2 aliphatic heterocycles. The van der Waals surface area contributed by atoms with Gasteiger partial charge in [-0.25, -0.2) is 14.8 Å². The van der Waals surface area contributed by atoms with Crippen LogP contribution in [0.3, 0.4) is 0 Å². The van der Waals surface area contributed by atoms with Crippen LogP contribution in [0.5, 0.6) is 5.75 Å². The van der Waals surface area contributed by atoms with Gasteiger partial charge in [-0.2, -0.15) is 0 Å². The lowest BCUT2D eigenvalue weighted by atomic mass is 9.88. The van der Waals surface area contributed by atoms with Crippen LogP contribution < -0.4 is 15.0 Å². The number of aromatic nitrogens is 2. The Morgan fingerprint density at radius 1 is 0.982 bits per heavy atom. The highest BCUT2D eigenvalue weighted by Gasteiger charge is 2.29. The van der Waals surface area contributed by atoms with Crippen LogP contribution in [0.1, 0.15) is 90.9 Å². The van der Waals surface area contributed by atoms with Gasteiger partial charge in [-0.05, 0) is 144 Å². The lowest BCUT2D eigenvalue weighted by molar-refractivity contribution is -0.139. The number of pyridine rings is 1. The molecule has 4 heterocycles. The zero-order valence-electron chi connectivity index (χ0n) is 33.3. The summed E-state index contributed by atoms with van der Waals surface area (Å²) in [7, 11) is 0. The molecule has 7 rings (SSSR count). The van der Waals surface area contributed by atoms with E-state index < -0.39 is 17.5 Å². The third kappa shape index (κ3) is 9.62. The number of nitrogens with one attached hydrogen (secondary N) is 1. The van der Waals surface area contributed by atoms with Crippen LogP contribution in [0, 0.1) is 12.8 Å². The van der Waals surface area contributed by atoms with E-state index in [1.165, 1.54) is 11.3 Å². The largest absolute Gasteiger partial charge is 0.494 e. The van der Waals surface area contributed by atoms with Gasteiger partial charge in [0.1, 0.15) is 17.2 Å². The average Bonchev–Trinajstić information content (AvgIpc) is 3.58. The molecule has 0 bridgehead atoms. The Morgan fingerprint density at radius 2 is 1.79 bits per heavy atom. The van der Waals surface area contributed by atoms with Crippen molar-refractivity contribution in [3.63, 3.8) is 0 Å². The molecule has 3 aromatic carbocycles. The van der Waals surface area contributed by atoms with Crippen LogP contribution in [0.15, 0.2) is 72.8 Å². The second kappa shape index (κ2) is 17.0. The summed E-state index contributed by atoms with van der Waals surface area (Å²) in [6.07, 6.45) is 4.69. The Bertz CT molecular complexity index is 2250. The van der Waals surface area contributed by atoms with Crippen LogP contribution in [-0.2, 0) is 22.5 Å². The number of thiazole rings is 1. The van der Waals surface area contributed by atoms with Gasteiger partial charge in [-0.15, -0.1) is 0 Å². The quantitative estimate of drug-likeness (QED) is 0.0934. The smallest absolute Gasteiger partial charge is 0.358 e. The number of ether oxygens (including phenoxy) is 2. The number of benzene rings is 3. The number of rotatable bonds is 12. The van der Waals surface area contributed by atoms with E-state index in [4.69, 9.17) is 14.5 Å². The fraction of sp³-hybridized carbons (Fsp3) is 0.400. The minimum atomic E-state index is -0.770. The number of esters is 1. The summed E-state index contributed by atoms with van der Waals surface area (Å²) in [4.78, 5) is 52.4. The van der Waals surface area contributed by atoms with Gasteiger partial charge in [0.15, 0.2) is 10.8 Å². The molecular formula is C45H51N5O6S. The average molecular weight is 790 g/mol. The number of aryl methyl sites for hydroxylation is 1. The number of carbonyl (C=O) groups excluding carboxylic acids is 2. The van der Waals surface area contributed by atoms with Crippen molar-refractivity contribution in [2.24, 2.45) is 5.92 Å². The standard InChI is InChI=1S/C45H51N5O6S/c1-28-24-32(55-23-9-10-30-19-21-49(27-40(51)52)29(2)25-30)15-16-33(28)34-17-18-39(47-41(34)43(54)56-45(3,4)5)50-22-20-31-11-8-12-35(36(31)26-50)42(53)48-44-46-37-13-6-7-14-38(37)57-44/h6-8,11-18,24,29-30H,9-10,19-23,25-27H2,1-5H3,(H,51,52)(H,46,48,53)/t29-,30+/m1/s1. The van der Waals surface area contributed by atoms with E-state index in [9.17, 15) is 19.5 Å². The number of anilines is 2. The molecule has 0 saturated carbocycles. The number of hydrogen-bond acceptors (Lipinski definition) is 10. The van der Waals surface area contributed by atoms with Crippen molar-refractivity contribution in [1.29, 1.82) is 0 Å². The monoisotopic (exact) mass is 789 g/mol. The number of fused-ring (bicyclic) bond motifs is 2. The molecule has 0 aliphatic carbocycles. The lowest BCUT2D eigenvalue weighted by Gasteiger charge is -2.36. The Balaban J connectivity index is 1.05. The number of likely N-dealkylation sites (tertiary alicyclic amines) is 1. The van der Waals surface area contributed by atoms with E-state index in [0.717, 1.165) is 70.4 Å². The number of carbonyl (C=O) groups is 3. The van der Waals surface area contributed by atoms with Crippen LogP contribution in [0.4, 0.5) is 10.9 Å². The predicted octanol–water partition coefficient (Wildman–Crippen LogP) is 8.78. The number of piperidine rings is 1. The summed E-state index contributed by atoms with van der Waals surface area (Å²) in [5.41, 5.74) is 5.47. The van der Waals surface area contributed by atoms with E-state index in [1.807, 2.05) is 99.3 Å². The van der Waals surface area contributed by atoms with Crippen LogP contribution >= 0.6 is 11.3 Å². The van der Waals surface area contributed by atoms with Crippen LogP contribution in [0.2, 0.25) is 0 Å². The zero-order chi connectivity index (χ0) is 40.3.